The highest BCUT2D eigenvalue weighted by Gasteiger charge is 2.40. The first-order chi connectivity index (χ1) is 11.7. The molecule has 0 aromatic heterocycles. The monoisotopic (exact) mass is 326 g/mol. The predicted octanol–water partition coefficient (Wildman–Crippen LogP) is 3.91. The molecule has 3 nitrogen and oxygen atoms in total. The zero-order valence-corrected chi connectivity index (χ0v) is 14.9. The molecular formula is C21H30N2O. The van der Waals surface area contributed by atoms with Crippen molar-refractivity contribution in [3.63, 3.8) is 0 Å². The number of rotatable bonds is 6. The van der Waals surface area contributed by atoms with Gasteiger partial charge < -0.3 is 10.6 Å². The van der Waals surface area contributed by atoms with Gasteiger partial charge in [0.15, 0.2) is 0 Å². The number of hydrogen-bond donors (Lipinski definition) is 2. The first-order valence-electron chi connectivity index (χ1n) is 9.44. The van der Waals surface area contributed by atoms with Crippen molar-refractivity contribution in [1.82, 2.24) is 10.6 Å². The Balaban J connectivity index is 1.47. The maximum atomic E-state index is 11.1. The lowest BCUT2D eigenvalue weighted by molar-refractivity contribution is -0.119. The molecule has 2 fully saturated rings. The van der Waals surface area contributed by atoms with Crippen molar-refractivity contribution in [3.8, 4) is 0 Å². The van der Waals surface area contributed by atoms with Crippen molar-refractivity contribution in [2.24, 2.45) is 5.92 Å². The van der Waals surface area contributed by atoms with Crippen LogP contribution in [0, 0.1) is 5.92 Å². The smallest absolute Gasteiger partial charge is 0.217 e. The fourth-order valence-corrected chi connectivity index (χ4v) is 4.02. The fraction of sp³-hybridized carbons (Fsp3) is 0.571. The summed E-state index contributed by atoms with van der Waals surface area (Å²) in [4.78, 5) is 11.1. The molecule has 0 saturated heterocycles. The van der Waals surface area contributed by atoms with E-state index in [9.17, 15) is 4.79 Å². The van der Waals surface area contributed by atoms with Gasteiger partial charge in [-0.1, -0.05) is 48.9 Å². The highest BCUT2D eigenvalue weighted by atomic mass is 16.1. The van der Waals surface area contributed by atoms with Gasteiger partial charge in [0.2, 0.25) is 5.91 Å². The van der Waals surface area contributed by atoms with Crippen LogP contribution in [-0.4, -0.2) is 24.0 Å². The van der Waals surface area contributed by atoms with E-state index in [0.717, 1.165) is 19.3 Å². The Morgan fingerprint density at radius 2 is 1.79 bits per heavy atom. The van der Waals surface area contributed by atoms with Gasteiger partial charge in [-0.3, -0.25) is 4.79 Å². The van der Waals surface area contributed by atoms with Gasteiger partial charge in [0.25, 0.3) is 0 Å². The van der Waals surface area contributed by atoms with Crippen molar-refractivity contribution in [3.05, 3.63) is 41.5 Å². The summed E-state index contributed by atoms with van der Waals surface area (Å²) in [6.45, 7) is 3.88. The van der Waals surface area contributed by atoms with Crippen molar-refractivity contribution >= 4 is 12.0 Å². The Hall–Kier alpha value is -1.61. The lowest BCUT2D eigenvalue weighted by atomic mass is 9.91. The van der Waals surface area contributed by atoms with E-state index in [4.69, 9.17) is 0 Å². The molecule has 0 heterocycles. The lowest BCUT2D eigenvalue weighted by Gasteiger charge is -2.29. The number of hydrogen-bond acceptors (Lipinski definition) is 2. The first kappa shape index (κ1) is 17.2. The van der Waals surface area contributed by atoms with Crippen LogP contribution in [0.2, 0.25) is 0 Å². The quantitative estimate of drug-likeness (QED) is 0.832. The van der Waals surface area contributed by atoms with Crippen LogP contribution >= 0.6 is 0 Å². The summed E-state index contributed by atoms with van der Waals surface area (Å²) in [6.07, 6.45) is 9.35. The minimum atomic E-state index is 0.104. The van der Waals surface area contributed by atoms with Crippen molar-refractivity contribution in [2.45, 2.75) is 70.5 Å². The maximum absolute atomic E-state index is 11.1. The second-order valence-corrected chi connectivity index (χ2v) is 7.35. The molecule has 1 amide bonds. The molecule has 130 valence electrons. The van der Waals surface area contributed by atoms with Gasteiger partial charge in [0.1, 0.15) is 0 Å². The summed E-state index contributed by atoms with van der Waals surface area (Å²) in [6, 6.07) is 12.3. The lowest BCUT2D eigenvalue weighted by Crippen LogP contribution is -2.42. The molecule has 2 aliphatic rings. The number of amides is 1. The van der Waals surface area contributed by atoms with E-state index < -0.39 is 0 Å². The molecule has 0 unspecified atom stereocenters. The normalized spacial score (nSPS) is 30.0. The molecule has 0 bridgehead atoms. The van der Waals surface area contributed by atoms with Gasteiger partial charge in [-0.15, -0.1) is 0 Å². The number of carbonyl (C=O) groups excluding carboxylic acids is 1. The Morgan fingerprint density at radius 1 is 1.12 bits per heavy atom. The molecule has 0 radical (unpaired) electrons. The largest absolute Gasteiger partial charge is 0.354 e. The molecule has 2 N–H and O–H groups in total. The zero-order valence-electron chi connectivity index (χ0n) is 14.9. The van der Waals surface area contributed by atoms with Gasteiger partial charge in [-0.25, -0.2) is 0 Å². The third-order valence-corrected chi connectivity index (χ3v) is 5.41. The molecular weight excluding hydrogens is 296 g/mol. The Labute approximate surface area is 145 Å². The second kappa shape index (κ2) is 7.98. The summed E-state index contributed by atoms with van der Waals surface area (Å²) < 4.78 is 0. The summed E-state index contributed by atoms with van der Waals surface area (Å²) in [7, 11) is 0. The van der Waals surface area contributed by atoms with E-state index in [1.54, 1.807) is 12.5 Å². The second-order valence-electron chi connectivity index (χ2n) is 7.35. The summed E-state index contributed by atoms with van der Waals surface area (Å²) >= 11 is 0. The van der Waals surface area contributed by atoms with Crippen molar-refractivity contribution < 1.29 is 4.79 Å². The Morgan fingerprint density at radius 3 is 2.42 bits per heavy atom. The van der Waals surface area contributed by atoms with Gasteiger partial charge >= 0.3 is 0 Å². The molecule has 0 aliphatic heterocycles. The maximum Gasteiger partial charge on any atom is 0.217 e. The van der Waals surface area contributed by atoms with E-state index in [1.807, 2.05) is 0 Å². The summed E-state index contributed by atoms with van der Waals surface area (Å²) in [5.74, 6) is 0.815. The molecule has 1 aromatic rings. The molecule has 3 rings (SSSR count). The third-order valence-electron chi connectivity index (χ3n) is 5.41. The van der Waals surface area contributed by atoms with Crippen LogP contribution in [0.15, 0.2) is 35.9 Å². The fourth-order valence-electron chi connectivity index (χ4n) is 4.02. The average Bonchev–Trinajstić information content (AvgIpc) is 3.34. The van der Waals surface area contributed by atoms with E-state index >= 15 is 0 Å². The van der Waals surface area contributed by atoms with Gasteiger partial charge in [-0.05, 0) is 50.0 Å². The number of benzene rings is 1. The molecule has 2 aliphatic carbocycles. The molecule has 3 heteroatoms. The van der Waals surface area contributed by atoms with Crippen LogP contribution in [0.1, 0.15) is 57.9 Å². The minimum absolute atomic E-state index is 0.104. The highest BCUT2D eigenvalue weighted by Crippen LogP contribution is 2.40. The van der Waals surface area contributed by atoms with Crippen LogP contribution in [-0.2, 0) is 4.79 Å². The molecule has 0 spiro atoms. The van der Waals surface area contributed by atoms with Crippen LogP contribution < -0.4 is 10.6 Å². The van der Waals surface area contributed by atoms with Crippen LogP contribution in [0.4, 0.5) is 0 Å². The molecule has 2 atom stereocenters. The SMILES string of the molecule is CC/C(=C\c1ccccc1)[C@@H]1C[C@H]1NC1CCC(NC(C)=O)CC1. The number of carbonyl (C=O) groups is 1. The first-order valence-corrected chi connectivity index (χ1v) is 9.44. The van der Waals surface area contributed by atoms with Crippen LogP contribution in [0.25, 0.3) is 6.08 Å². The third kappa shape index (κ3) is 4.70. The molecule has 1 aromatic carbocycles. The van der Waals surface area contributed by atoms with E-state index in [0.29, 0.717) is 24.0 Å². The van der Waals surface area contributed by atoms with Gasteiger partial charge in [-0.2, -0.15) is 0 Å². The van der Waals surface area contributed by atoms with Crippen LogP contribution in [0.3, 0.4) is 0 Å². The molecule has 2 saturated carbocycles. The number of nitrogens with one attached hydrogen (secondary N) is 2. The van der Waals surface area contributed by atoms with Crippen LogP contribution in [0.5, 0.6) is 0 Å². The minimum Gasteiger partial charge on any atom is -0.354 e. The summed E-state index contributed by atoms with van der Waals surface area (Å²) in [5.41, 5.74) is 2.89. The molecule has 24 heavy (non-hydrogen) atoms. The highest BCUT2D eigenvalue weighted by molar-refractivity contribution is 5.73. The van der Waals surface area contributed by atoms with Gasteiger partial charge in [0, 0.05) is 25.0 Å². The van der Waals surface area contributed by atoms with Gasteiger partial charge in [0.05, 0.1) is 0 Å². The predicted molar refractivity (Wildman–Crippen MR) is 99.6 cm³/mol. The van der Waals surface area contributed by atoms with Crippen molar-refractivity contribution in [2.75, 3.05) is 0 Å². The summed E-state index contributed by atoms with van der Waals surface area (Å²) in [5, 5.41) is 6.92. The topological polar surface area (TPSA) is 41.1 Å². The van der Waals surface area contributed by atoms with E-state index in [2.05, 4.69) is 54.0 Å². The van der Waals surface area contributed by atoms with E-state index in [1.165, 1.54) is 24.8 Å². The van der Waals surface area contributed by atoms with Crippen molar-refractivity contribution in [1.29, 1.82) is 0 Å². The standard InChI is InChI=1S/C21H30N2O/c1-3-17(13-16-7-5-4-6-8-16)20-14-21(20)23-19-11-9-18(10-12-19)22-15(2)24/h4-8,13,18-21,23H,3,9-12,14H2,1-2H3,(H,22,24)/b17-13+/t18?,19?,20-,21+/m0/s1. The average molecular weight is 326 g/mol. The van der Waals surface area contributed by atoms with E-state index in [-0.39, 0.29) is 5.91 Å². The Kier molecular flexibility index (Phi) is 5.72. The Bertz CT molecular complexity index is 573. The zero-order chi connectivity index (χ0) is 16.9.